The Morgan fingerprint density at radius 2 is 1.81 bits per heavy atom. The number of fused-ring (bicyclic) bond motifs is 1. The van der Waals surface area contributed by atoms with Crippen molar-refractivity contribution in [3.8, 4) is 16.9 Å². The summed E-state index contributed by atoms with van der Waals surface area (Å²) in [6.07, 6.45) is -5.66. The fourth-order valence-electron chi connectivity index (χ4n) is 2.95. The third-order valence-electron chi connectivity index (χ3n) is 4.39. The lowest BCUT2D eigenvalue weighted by Gasteiger charge is -2.16. The molecule has 0 saturated carbocycles. The molecule has 0 radical (unpaired) electrons. The topological polar surface area (TPSA) is 71.7 Å². The molecule has 0 fully saturated rings. The van der Waals surface area contributed by atoms with Gasteiger partial charge in [-0.3, -0.25) is 4.79 Å². The van der Waals surface area contributed by atoms with Crippen molar-refractivity contribution < 1.29 is 27.4 Å². The molecule has 1 aromatic heterocycles. The first-order valence-corrected chi connectivity index (χ1v) is 9.44. The lowest BCUT2D eigenvalue weighted by molar-refractivity contribution is -0.152. The van der Waals surface area contributed by atoms with E-state index in [0.29, 0.717) is 6.54 Å². The summed E-state index contributed by atoms with van der Waals surface area (Å²) in [6.45, 7) is 4.10. The molecular weight excluding hydrogens is 435 g/mol. The van der Waals surface area contributed by atoms with Crippen LogP contribution in [-0.2, 0) is 6.18 Å². The molecule has 5 nitrogen and oxygen atoms in total. The maximum Gasteiger partial charge on any atom is 0.450 e. The normalized spacial score (nSPS) is 12.6. The van der Waals surface area contributed by atoms with Gasteiger partial charge in [-0.2, -0.15) is 13.2 Å². The fraction of sp³-hybridized carbons (Fsp3) is 0.318. The molecule has 0 bridgehead atoms. The minimum absolute atomic E-state index is 0. The highest BCUT2D eigenvalue weighted by Gasteiger charge is 2.39. The van der Waals surface area contributed by atoms with Crippen LogP contribution >= 0.6 is 12.4 Å². The Bertz CT molecular complexity index is 1070. The average molecular weight is 458 g/mol. The van der Waals surface area contributed by atoms with Crippen LogP contribution in [0.3, 0.4) is 0 Å². The molecule has 3 rings (SSSR count). The van der Waals surface area contributed by atoms with E-state index in [1.54, 1.807) is 18.2 Å². The van der Waals surface area contributed by atoms with E-state index in [1.807, 2.05) is 13.8 Å². The van der Waals surface area contributed by atoms with Gasteiger partial charge in [-0.15, -0.1) is 12.4 Å². The van der Waals surface area contributed by atoms with Crippen LogP contribution in [0, 0.1) is 0 Å². The van der Waals surface area contributed by atoms with Gasteiger partial charge < -0.3 is 19.6 Å². The van der Waals surface area contributed by atoms with Crippen molar-refractivity contribution in [2.24, 2.45) is 0 Å². The molecule has 1 unspecified atom stereocenters. The first-order valence-electron chi connectivity index (χ1n) is 9.44. The van der Waals surface area contributed by atoms with E-state index in [1.165, 1.54) is 30.3 Å². The van der Waals surface area contributed by atoms with Crippen LogP contribution in [0.2, 0.25) is 0 Å². The first-order chi connectivity index (χ1) is 14.2. The Balaban J connectivity index is 0.00000341. The lowest BCUT2D eigenvalue weighted by Crippen LogP contribution is -2.35. The molecule has 1 heterocycles. The first kappa shape index (κ1) is 24.7. The monoisotopic (exact) mass is 457 g/mol. The van der Waals surface area contributed by atoms with Gasteiger partial charge in [-0.1, -0.05) is 44.2 Å². The third-order valence-corrected chi connectivity index (χ3v) is 4.39. The van der Waals surface area contributed by atoms with Gasteiger partial charge in [0.15, 0.2) is 0 Å². The van der Waals surface area contributed by atoms with Crippen molar-refractivity contribution in [2.75, 3.05) is 13.2 Å². The van der Waals surface area contributed by atoms with Gasteiger partial charge in [-0.05, 0) is 17.7 Å². The third kappa shape index (κ3) is 6.00. The van der Waals surface area contributed by atoms with Crippen molar-refractivity contribution in [3.05, 3.63) is 64.5 Å². The minimum atomic E-state index is -4.85. The summed E-state index contributed by atoms with van der Waals surface area (Å²) in [5.41, 5.74) is -1.41. The van der Waals surface area contributed by atoms with E-state index in [9.17, 15) is 23.1 Å². The van der Waals surface area contributed by atoms with Gasteiger partial charge in [-0.25, -0.2) is 0 Å². The minimum Gasteiger partial charge on any atom is -0.491 e. The summed E-state index contributed by atoms with van der Waals surface area (Å²) >= 11 is 0. The summed E-state index contributed by atoms with van der Waals surface area (Å²) < 4.78 is 51.5. The maximum atomic E-state index is 13.6. The molecule has 2 N–H and O–H groups in total. The number of ether oxygens (including phenoxy) is 1. The molecule has 0 saturated heterocycles. The highest BCUT2D eigenvalue weighted by atomic mass is 35.5. The number of hydrogen-bond acceptors (Lipinski definition) is 5. The van der Waals surface area contributed by atoms with E-state index >= 15 is 0 Å². The van der Waals surface area contributed by atoms with E-state index in [0.717, 1.165) is 0 Å². The number of halogens is 4. The van der Waals surface area contributed by atoms with Crippen LogP contribution in [0.5, 0.6) is 5.75 Å². The van der Waals surface area contributed by atoms with Crippen LogP contribution in [0.1, 0.15) is 19.6 Å². The van der Waals surface area contributed by atoms with Gasteiger partial charge in [0, 0.05) is 18.7 Å². The predicted octanol–water partition coefficient (Wildman–Crippen LogP) is 4.64. The van der Waals surface area contributed by atoms with E-state index in [4.69, 9.17) is 9.15 Å². The Hall–Kier alpha value is -2.55. The molecule has 9 heteroatoms. The molecule has 0 aliphatic rings. The van der Waals surface area contributed by atoms with Crippen LogP contribution in [0.4, 0.5) is 13.2 Å². The molecule has 168 valence electrons. The number of benzene rings is 2. The van der Waals surface area contributed by atoms with Gasteiger partial charge in [0.1, 0.15) is 24.0 Å². The van der Waals surface area contributed by atoms with Crippen molar-refractivity contribution in [2.45, 2.75) is 32.2 Å². The largest absolute Gasteiger partial charge is 0.491 e. The SMILES string of the molecule is CC(C)NCC(O)COc1ccc2c(=O)c(-c3ccccc3)c(C(F)(F)F)oc2c1.Cl. The molecule has 2 aromatic carbocycles. The molecule has 3 aromatic rings. The zero-order chi connectivity index (χ0) is 21.9. The number of alkyl halides is 3. The number of aliphatic hydroxyl groups excluding tert-OH is 1. The summed E-state index contributed by atoms with van der Waals surface area (Å²) in [5, 5.41) is 13.0. The molecule has 31 heavy (non-hydrogen) atoms. The predicted molar refractivity (Wildman–Crippen MR) is 115 cm³/mol. The Labute approximate surface area is 183 Å². The van der Waals surface area contributed by atoms with Crippen molar-refractivity contribution in [3.63, 3.8) is 0 Å². The van der Waals surface area contributed by atoms with E-state index in [-0.39, 0.29) is 47.3 Å². The second-order valence-corrected chi connectivity index (χ2v) is 7.18. The molecular formula is C22H23ClF3NO4. The van der Waals surface area contributed by atoms with Gasteiger partial charge in [0.25, 0.3) is 0 Å². The highest BCUT2D eigenvalue weighted by molar-refractivity contribution is 5.85. The van der Waals surface area contributed by atoms with Crippen LogP contribution in [-0.4, -0.2) is 30.4 Å². The zero-order valence-electron chi connectivity index (χ0n) is 16.9. The van der Waals surface area contributed by atoms with Gasteiger partial charge in [0.2, 0.25) is 11.2 Å². The van der Waals surface area contributed by atoms with Crippen molar-refractivity contribution in [1.29, 1.82) is 0 Å². The Morgan fingerprint density at radius 1 is 1.13 bits per heavy atom. The maximum absolute atomic E-state index is 13.6. The van der Waals surface area contributed by atoms with Crippen molar-refractivity contribution >= 4 is 23.4 Å². The second-order valence-electron chi connectivity index (χ2n) is 7.18. The second kappa shape index (κ2) is 10.2. The Kier molecular flexibility index (Phi) is 8.11. The summed E-state index contributed by atoms with van der Waals surface area (Å²) in [7, 11) is 0. The van der Waals surface area contributed by atoms with E-state index in [2.05, 4.69) is 5.32 Å². The van der Waals surface area contributed by atoms with Gasteiger partial charge in [0.05, 0.1) is 10.9 Å². The summed E-state index contributed by atoms with van der Waals surface area (Å²) in [4.78, 5) is 12.9. The molecule has 0 aliphatic heterocycles. The summed E-state index contributed by atoms with van der Waals surface area (Å²) in [6, 6.07) is 11.8. The quantitative estimate of drug-likeness (QED) is 0.541. The molecule has 0 aliphatic carbocycles. The van der Waals surface area contributed by atoms with Crippen molar-refractivity contribution in [1.82, 2.24) is 5.32 Å². The standard InChI is InChI=1S/C22H22F3NO4.ClH/c1-13(2)26-11-15(27)12-29-16-8-9-17-18(10-16)30-21(22(23,24)25)19(20(17)28)14-6-4-3-5-7-14;/h3-10,13,15,26-27H,11-12H2,1-2H3;1H. The fourth-order valence-corrected chi connectivity index (χ4v) is 2.95. The number of rotatable bonds is 7. The highest BCUT2D eigenvalue weighted by Crippen LogP contribution is 2.37. The number of nitrogens with one attached hydrogen (secondary N) is 1. The van der Waals surface area contributed by atoms with Gasteiger partial charge >= 0.3 is 6.18 Å². The van der Waals surface area contributed by atoms with E-state index < -0.39 is 29.0 Å². The van der Waals surface area contributed by atoms with Crippen LogP contribution < -0.4 is 15.5 Å². The number of hydrogen-bond donors (Lipinski definition) is 2. The molecule has 0 spiro atoms. The molecule has 1 atom stereocenters. The average Bonchev–Trinajstić information content (AvgIpc) is 2.70. The smallest absolute Gasteiger partial charge is 0.450 e. The van der Waals surface area contributed by atoms with Crippen LogP contribution in [0.15, 0.2) is 57.7 Å². The summed E-state index contributed by atoms with van der Waals surface area (Å²) in [5.74, 6) is -1.17. The zero-order valence-corrected chi connectivity index (χ0v) is 17.7. The Morgan fingerprint density at radius 3 is 2.42 bits per heavy atom. The number of aliphatic hydroxyl groups is 1. The lowest BCUT2D eigenvalue weighted by atomic mass is 10.0. The molecule has 0 amide bonds. The van der Waals surface area contributed by atoms with Crippen LogP contribution in [0.25, 0.3) is 22.1 Å².